The first-order valence-corrected chi connectivity index (χ1v) is 9.07. The summed E-state index contributed by atoms with van der Waals surface area (Å²) in [6, 6.07) is 14.3. The number of hydrogen-bond acceptors (Lipinski definition) is 6. The molecule has 0 unspecified atom stereocenters. The number of nitrogens with one attached hydrogen (secondary N) is 1. The number of aryl methyl sites for hydroxylation is 2. The number of esters is 1. The van der Waals surface area contributed by atoms with E-state index in [1.165, 1.54) is 4.68 Å². The summed E-state index contributed by atoms with van der Waals surface area (Å²) in [7, 11) is 0. The maximum absolute atomic E-state index is 12.7. The zero-order valence-corrected chi connectivity index (χ0v) is 16.6. The summed E-state index contributed by atoms with van der Waals surface area (Å²) < 4.78 is 6.45. The van der Waals surface area contributed by atoms with Gasteiger partial charge in [0.05, 0.1) is 0 Å². The van der Waals surface area contributed by atoms with Gasteiger partial charge in [0, 0.05) is 10.7 Å². The summed E-state index contributed by atoms with van der Waals surface area (Å²) in [5, 5.41) is 14.3. The minimum absolute atomic E-state index is 0.0884. The van der Waals surface area contributed by atoms with Crippen molar-refractivity contribution in [2.24, 2.45) is 0 Å². The molecule has 0 aliphatic rings. The molecule has 0 saturated carbocycles. The van der Waals surface area contributed by atoms with Gasteiger partial charge in [0.25, 0.3) is 5.91 Å². The monoisotopic (exact) mass is 411 g/mol. The molecule has 1 aromatic heterocycles. The molecule has 0 radical (unpaired) electrons. The Morgan fingerprint density at radius 1 is 1.17 bits per heavy atom. The molecule has 1 heterocycles. The van der Waals surface area contributed by atoms with Crippen molar-refractivity contribution in [3.8, 4) is 0 Å². The van der Waals surface area contributed by atoms with Crippen LogP contribution in [0.15, 0.2) is 48.5 Å². The van der Waals surface area contributed by atoms with Crippen LogP contribution in [0.2, 0.25) is 5.02 Å². The van der Waals surface area contributed by atoms with Crippen LogP contribution in [0.1, 0.15) is 17.0 Å². The number of nitrogens with zero attached hydrogens (tertiary/aromatic N) is 4. The number of carbonyl (C=O) groups is 2. The quantitative estimate of drug-likeness (QED) is 0.494. The average Bonchev–Trinajstić information content (AvgIpc) is 3.13. The number of aromatic nitrogens is 4. The van der Waals surface area contributed by atoms with E-state index in [0.717, 1.165) is 11.1 Å². The van der Waals surface area contributed by atoms with E-state index in [9.17, 15) is 9.59 Å². The zero-order valence-electron chi connectivity index (χ0n) is 15.8. The molecule has 0 bridgehead atoms. The summed E-state index contributed by atoms with van der Waals surface area (Å²) >= 11 is 5.95. The Hall–Kier alpha value is -3.52. The number of rotatable bonds is 6. The van der Waals surface area contributed by atoms with Gasteiger partial charge in [-0.05, 0) is 53.6 Å². The Morgan fingerprint density at radius 2 is 1.93 bits per heavy atom. The van der Waals surface area contributed by atoms with Gasteiger partial charge in [0.2, 0.25) is 0 Å². The zero-order chi connectivity index (χ0) is 20.8. The number of carbonyl (C=O) groups excluding carboxylic acids is 2. The van der Waals surface area contributed by atoms with Gasteiger partial charge < -0.3 is 10.1 Å². The van der Waals surface area contributed by atoms with Gasteiger partial charge in [-0.3, -0.25) is 4.79 Å². The van der Waals surface area contributed by atoms with Crippen LogP contribution in [0, 0.1) is 13.8 Å². The van der Waals surface area contributed by atoms with Crippen LogP contribution in [-0.2, 0) is 14.3 Å². The van der Waals surface area contributed by atoms with Gasteiger partial charge in [-0.1, -0.05) is 48.0 Å². The molecule has 29 heavy (non-hydrogen) atoms. The van der Waals surface area contributed by atoms with Crippen molar-refractivity contribution in [2.45, 2.75) is 13.8 Å². The van der Waals surface area contributed by atoms with Crippen LogP contribution in [0.3, 0.4) is 0 Å². The van der Waals surface area contributed by atoms with Crippen LogP contribution < -0.4 is 5.32 Å². The highest BCUT2D eigenvalue weighted by molar-refractivity contribution is 6.31. The third-order valence-electron chi connectivity index (χ3n) is 3.97. The van der Waals surface area contributed by atoms with Crippen LogP contribution >= 0.6 is 11.6 Å². The minimum Gasteiger partial charge on any atom is -0.451 e. The summed E-state index contributed by atoms with van der Waals surface area (Å²) in [5.41, 5.74) is 2.23. The highest BCUT2D eigenvalue weighted by Gasteiger charge is 2.19. The van der Waals surface area contributed by atoms with Crippen molar-refractivity contribution in [2.75, 3.05) is 11.9 Å². The summed E-state index contributed by atoms with van der Waals surface area (Å²) in [4.78, 5) is 24.9. The third kappa shape index (κ3) is 5.26. The van der Waals surface area contributed by atoms with Gasteiger partial charge in [0.15, 0.2) is 18.1 Å². The molecule has 0 fully saturated rings. The smallest absolute Gasteiger partial charge is 0.357 e. The molecule has 8 nitrogen and oxygen atoms in total. The van der Waals surface area contributed by atoms with Gasteiger partial charge in [-0.15, -0.1) is 5.10 Å². The first-order valence-electron chi connectivity index (χ1n) is 8.69. The molecule has 0 atom stereocenters. The minimum atomic E-state index is -0.734. The fourth-order valence-electron chi connectivity index (χ4n) is 2.49. The van der Waals surface area contributed by atoms with Crippen LogP contribution in [0.4, 0.5) is 5.69 Å². The molecule has 9 heteroatoms. The van der Waals surface area contributed by atoms with E-state index in [4.69, 9.17) is 16.3 Å². The van der Waals surface area contributed by atoms with E-state index in [2.05, 4.69) is 20.8 Å². The van der Waals surface area contributed by atoms with Crippen LogP contribution in [0.5, 0.6) is 0 Å². The van der Waals surface area contributed by atoms with Crippen molar-refractivity contribution in [3.05, 3.63) is 70.5 Å². The Morgan fingerprint density at radius 3 is 2.62 bits per heavy atom. The Bertz CT molecular complexity index is 1060. The molecular formula is C20H18ClN5O3. The molecule has 1 N–H and O–H groups in total. The highest BCUT2D eigenvalue weighted by atomic mass is 35.5. The maximum atomic E-state index is 12.7. The molecule has 0 spiro atoms. The summed E-state index contributed by atoms with van der Waals surface area (Å²) in [6.07, 6.45) is 1.59. The first kappa shape index (κ1) is 20.2. The van der Waals surface area contributed by atoms with E-state index in [-0.39, 0.29) is 5.70 Å². The van der Waals surface area contributed by atoms with E-state index >= 15 is 0 Å². The molecule has 3 rings (SSSR count). The van der Waals surface area contributed by atoms with Crippen LogP contribution in [-0.4, -0.2) is 38.7 Å². The average molecular weight is 412 g/mol. The van der Waals surface area contributed by atoms with Crippen molar-refractivity contribution in [1.82, 2.24) is 20.2 Å². The largest absolute Gasteiger partial charge is 0.451 e. The second-order valence-corrected chi connectivity index (χ2v) is 6.60. The maximum Gasteiger partial charge on any atom is 0.357 e. The molecule has 0 aliphatic heterocycles. The predicted octanol–water partition coefficient (Wildman–Crippen LogP) is 3.12. The van der Waals surface area contributed by atoms with E-state index < -0.39 is 18.5 Å². The number of hydrogen-bond donors (Lipinski definition) is 1. The Kier molecular flexibility index (Phi) is 6.36. The molecule has 3 aromatic rings. The molecule has 0 saturated heterocycles. The molecule has 0 aliphatic carbocycles. The van der Waals surface area contributed by atoms with Crippen molar-refractivity contribution < 1.29 is 14.3 Å². The van der Waals surface area contributed by atoms with Gasteiger partial charge in [-0.2, -0.15) is 4.68 Å². The van der Waals surface area contributed by atoms with E-state index in [0.29, 0.717) is 16.5 Å². The predicted molar refractivity (Wildman–Crippen MR) is 109 cm³/mol. The van der Waals surface area contributed by atoms with Crippen molar-refractivity contribution in [1.29, 1.82) is 0 Å². The lowest BCUT2D eigenvalue weighted by Gasteiger charge is -2.11. The van der Waals surface area contributed by atoms with Crippen molar-refractivity contribution >= 4 is 40.9 Å². The van der Waals surface area contributed by atoms with Gasteiger partial charge >= 0.3 is 5.97 Å². The second-order valence-electron chi connectivity index (χ2n) is 6.16. The fourth-order valence-corrected chi connectivity index (χ4v) is 2.66. The second kappa shape index (κ2) is 9.11. The lowest BCUT2D eigenvalue weighted by atomic mass is 10.2. The number of amides is 1. The summed E-state index contributed by atoms with van der Waals surface area (Å²) in [6.45, 7) is 3.01. The van der Waals surface area contributed by atoms with Crippen LogP contribution in [0.25, 0.3) is 11.8 Å². The normalized spacial score (nSPS) is 11.2. The van der Waals surface area contributed by atoms with Crippen molar-refractivity contribution in [3.63, 3.8) is 0 Å². The van der Waals surface area contributed by atoms with Gasteiger partial charge in [-0.25, -0.2) is 4.79 Å². The number of halogens is 1. The lowest BCUT2D eigenvalue weighted by molar-refractivity contribution is -0.141. The van der Waals surface area contributed by atoms with Gasteiger partial charge in [0.1, 0.15) is 0 Å². The highest BCUT2D eigenvalue weighted by Crippen LogP contribution is 2.20. The number of ether oxygens (including phenoxy) is 1. The first-order chi connectivity index (χ1) is 13.9. The number of benzene rings is 2. The fraction of sp³-hybridized carbons (Fsp3) is 0.150. The molecule has 1 amide bonds. The number of anilines is 1. The molecule has 2 aromatic carbocycles. The van der Waals surface area contributed by atoms with E-state index in [1.807, 2.05) is 37.3 Å². The third-order valence-corrected chi connectivity index (χ3v) is 4.21. The lowest BCUT2D eigenvalue weighted by Crippen LogP contribution is -2.23. The Balaban J connectivity index is 1.73. The standard InChI is InChI=1S/C20H18ClN5O3/c1-13-8-9-16(21)11-17(13)22-19(27)12-29-20(28)18(26-14(2)23-24-25-26)10-15-6-4-3-5-7-15/h3-11H,12H2,1-2H3,(H,22,27)/b18-10-. The van der Waals surface area contributed by atoms with E-state index in [1.54, 1.807) is 31.2 Å². The topological polar surface area (TPSA) is 99.0 Å². The summed E-state index contributed by atoms with van der Waals surface area (Å²) in [5.74, 6) is -0.818. The molecule has 148 valence electrons. The number of tetrazole rings is 1. The SMILES string of the molecule is Cc1ccc(Cl)cc1NC(=O)COC(=O)/C(=C/c1ccccc1)n1nnnc1C. The molecular weight excluding hydrogens is 394 g/mol. The Labute approximate surface area is 172 Å².